The van der Waals surface area contributed by atoms with Crippen molar-refractivity contribution in [1.82, 2.24) is 5.32 Å². The number of para-hydroxylation sites is 1. The fraction of sp³-hybridized carbons (Fsp3) is 0.300. The zero-order valence-electron chi connectivity index (χ0n) is 14.4. The molecule has 2 amide bonds. The van der Waals surface area contributed by atoms with Crippen LogP contribution in [0.2, 0.25) is 0 Å². The van der Waals surface area contributed by atoms with Gasteiger partial charge in [0.25, 0.3) is 11.8 Å². The molecular weight excluding hydrogens is 332 g/mol. The number of benzene rings is 2. The summed E-state index contributed by atoms with van der Waals surface area (Å²) in [4.78, 5) is 24.3. The number of carbonyl (C=O) groups is 2. The molecule has 1 heterocycles. The van der Waals surface area contributed by atoms with Gasteiger partial charge in [0.05, 0.1) is 6.10 Å². The molecule has 1 aliphatic heterocycles. The predicted octanol–water partition coefficient (Wildman–Crippen LogP) is 2.61. The molecule has 1 atom stereocenters. The third-order valence-corrected chi connectivity index (χ3v) is 4.04. The average molecular weight is 354 g/mol. The number of hydrogen-bond acceptors (Lipinski definition) is 4. The first kappa shape index (κ1) is 17.9. The van der Waals surface area contributed by atoms with Crippen molar-refractivity contribution in [2.45, 2.75) is 18.9 Å². The number of nitrogens with one attached hydrogen (secondary N) is 2. The Labute approximate surface area is 152 Å². The van der Waals surface area contributed by atoms with Crippen molar-refractivity contribution in [3.8, 4) is 5.75 Å². The quantitative estimate of drug-likeness (QED) is 0.801. The Kier molecular flexibility index (Phi) is 6.22. The third kappa shape index (κ3) is 5.32. The van der Waals surface area contributed by atoms with Gasteiger partial charge in [-0.3, -0.25) is 9.59 Å². The number of amides is 2. The van der Waals surface area contributed by atoms with Crippen LogP contribution in [0, 0.1) is 0 Å². The molecule has 0 spiro atoms. The highest BCUT2D eigenvalue weighted by atomic mass is 16.5. The van der Waals surface area contributed by atoms with Crippen molar-refractivity contribution in [3.05, 3.63) is 60.2 Å². The second-order valence-electron chi connectivity index (χ2n) is 6.08. The summed E-state index contributed by atoms with van der Waals surface area (Å²) in [5.74, 6) is 0.160. The van der Waals surface area contributed by atoms with Gasteiger partial charge in [0, 0.05) is 24.4 Å². The molecule has 1 fully saturated rings. The minimum absolute atomic E-state index is 0.0944. The maximum atomic E-state index is 12.2. The van der Waals surface area contributed by atoms with Crippen LogP contribution < -0.4 is 15.4 Å². The number of anilines is 1. The maximum absolute atomic E-state index is 12.2. The van der Waals surface area contributed by atoms with Crippen LogP contribution in [0.3, 0.4) is 0 Å². The Hall–Kier alpha value is -2.86. The number of ether oxygens (including phenoxy) is 2. The number of hydrogen-bond donors (Lipinski definition) is 2. The summed E-state index contributed by atoms with van der Waals surface area (Å²) in [6.07, 6.45) is 2.10. The van der Waals surface area contributed by atoms with E-state index in [0.717, 1.165) is 19.4 Å². The maximum Gasteiger partial charge on any atom is 0.262 e. The highest BCUT2D eigenvalue weighted by Crippen LogP contribution is 2.13. The normalized spacial score (nSPS) is 16.1. The molecule has 1 aliphatic rings. The molecule has 0 aromatic heterocycles. The molecular formula is C20H22N2O4. The minimum Gasteiger partial charge on any atom is -0.484 e. The van der Waals surface area contributed by atoms with Gasteiger partial charge in [-0.1, -0.05) is 24.3 Å². The summed E-state index contributed by atoms with van der Waals surface area (Å²) < 4.78 is 10.9. The Bertz CT molecular complexity index is 742. The summed E-state index contributed by atoms with van der Waals surface area (Å²) in [6.45, 7) is 1.16. The monoisotopic (exact) mass is 354 g/mol. The van der Waals surface area contributed by atoms with Gasteiger partial charge >= 0.3 is 0 Å². The van der Waals surface area contributed by atoms with E-state index in [-0.39, 0.29) is 24.5 Å². The summed E-state index contributed by atoms with van der Waals surface area (Å²) in [7, 11) is 0. The molecule has 6 heteroatoms. The fourth-order valence-corrected chi connectivity index (χ4v) is 2.71. The smallest absolute Gasteiger partial charge is 0.262 e. The minimum atomic E-state index is -0.286. The third-order valence-electron chi connectivity index (χ3n) is 4.04. The lowest BCUT2D eigenvalue weighted by molar-refractivity contribution is -0.118. The standard InChI is InChI=1S/C20H22N2O4/c23-19(14-26-17-8-2-1-3-9-17)22-16-7-4-6-15(12-16)20(24)21-13-18-10-5-11-25-18/h1-4,6-9,12,18H,5,10-11,13-14H2,(H,21,24)(H,22,23)/t18-/m1/s1. The lowest BCUT2D eigenvalue weighted by atomic mass is 10.1. The van der Waals surface area contributed by atoms with Crippen molar-refractivity contribution in [2.75, 3.05) is 25.1 Å². The van der Waals surface area contributed by atoms with Crippen LogP contribution in [0.4, 0.5) is 5.69 Å². The van der Waals surface area contributed by atoms with E-state index in [1.165, 1.54) is 0 Å². The van der Waals surface area contributed by atoms with Crippen LogP contribution >= 0.6 is 0 Å². The first-order chi connectivity index (χ1) is 12.7. The number of rotatable bonds is 7. The van der Waals surface area contributed by atoms with Crippen LogP contribution in [-0.4, -0.2) is 37.7 Å². The largest absolute Gasteiger partial charge is 0.484 e. The molecule has 1 saturated heterocycles. The molecule has 2 aromatic carbocycles. The van der Waals surface area contributed by atoms with E-state index in [4.69, 9.17) is 9.47 Å². The molecule has 26 heavy (non-hydrogen) atoms. The van der Waals surface area contributed by atoms with E-state index in [9.17, 15) is 9.59 Å². The second kappa shape index (κ2) is 9.01. The van der Waals surface area contributed by atoms with Crippen LogP contribution in [0.5, 0.6) is 5.75 Å². The van der Waals surface area contributed by atoms with Gasteiger partial charge in [-0.25, -0.2) is 0 Å². The molecule has 0 aliphatic carbocycles. The summed E-state index contributed by atoms with van der Waals surface area (Å²) in [6, 6.07) is 15.9. The van der Waals surface area contributed by atoms with Crippen molar-refractivity contribution >= 4 is 17.5 Å². The van der Waals surface area contributed by atoms with Crippen LogP contribution in [0.25, 0.3) is 0 Å². The van der Waals surface area contributed by atoms with E-state index in [1.54, 1.807) is 36.4 Å². The van der Waals surface area contributed by atoms with Gasteiger partial charge in [0.15, 0.2) is 6.61 Å². The van der Waals surface area contributed by atoms with E-state index < -0.39 is 0 Å². The zero-order valence-corrected chi connectivity index (χ0v) is 14.4. The molecule has 6 nitrogen and oxygen atoms in total. The lowest BCUT2D eigenvalue weighted by Gasteiger charge is -2.12. The summed E-state index contributed by atoms with van der Waals surface area (Å²) in [5.41, 5.74) is 1.04. The van der Waals surface area contributed by atoms with Gasteiger partial charge in [-0.2, -0.15) is 0 Å². The molecule has 3 rings (SSSR count). The van der Waals surface area contributed by atoms with E-state index >= 15 is 0 Å². The summed E-state index contributed by atoms with van der Waals surface area (Å²) >= 11 is 0. The van der Waals surface area contributed by atoms with Gasteiger partial charge in [-0.05, 0) is 43.2 Å². The van der Waals surface area contributed by atoms with Gasteiger partial charge in [0.1, 0.15) is 5.75 Å². The molecule has 0 radical (unpaired) electrons. The van der Waals surface area contributed by atoms with Crippen molar-refractivity contribution in [2.24, 2.45) is 0 Å². The first-order valence-corrected chi connectivity index (χ1v) is 8.68. The predicted molar refractivity (Wildman–Crippen MR) is 98.3 cm³/mol. The Balaban J connectivity index is 1.49. The number of carbonyl (C=O) groups excluding carboxylic acids is 2. The zero-order chi connectivity index (χ0) is 18.2. The molecule has 2 aromatic rings. The molecule has 136 valence electrons. The van der Waals surface area contributed by atoms with E-state index in [0.29, 0.717) is 23.5 Å². The van der Waals surface area contributed by atoms with Crippen molar-refractivity contribution in [1.29, 1.82) is 0 Å². The van der Waals surface area contributed by atoms with E-state index in [1.807, 2.05) is 18.2 Å². The Morgan fingerprint density at radius 3 is 2.73 bits per heavy atom. The van der Waals surface area contributed by atoms with Crippen LogP contribution in [0.1, 0.15) is 23.2 Å². The SMILES string of the molecule is O=C(COc1ccccc1)Nc1cccc(C(=O)NC[C@H]2CCCO2)c1. The topological polar surface area (TPSA) is 76.7 Å². The van der Waals surface area contributed by atoms with Gasteiger partial charge in [-0.15, -0.1) is 0 Å². The fourth-order valence-electron chi connectivity index (χ4n) is 2.71. The Morgan fingerprint density at radius 2 is 1.96 bits per heavy atom. The molecule has 0 unspecified atom stereocenters. The molecule has 0 saturated carbocycles. The lowest BCUT2D eigenvalue weighted by Crippen LogP contribution is -2.31. The van der Waals surface area contributed by atoms with Crippen molar-refractivity contribution < 1.29 is 19.1 Å². The van der Waals surface area contributed by atoms with Crippen LogP contribution in [-0.2, 0) is 9.53 Å². The molecule has 0 bridgehead atoms. The molecule has 2 N–H and O–H groups in total. The second-order valence-corrected chi connectivity index (χ2v) is 6.08. The highest BCUT2D eigenvalue weighted by molar-refractivity contribution is 5.97. The average Bonchev–Trinajstić information content (AvgIpc) is 3.19. The van der Waals surface area contributed by atoms with Crippen molar-refractivity contribution in [3.63, 3.8) is 0 Å². The van der Waals surface area contributed by atoms with Gasteiger partial charge < -0.3 is 20.1 Å². The Morgan fingerprint density at radius 1 is 1.12 bits per heavy atom. The van der Waals surface area contributed by atoms with E-state index in [2.05, 4.69) is 10.6 Å². The highest BCUT2D eigenvalue weighted by Gasteiger charge is 2.16. The van der Waals surface area contributed by atoms with Crippen LogP contribution in [0.15, 0.2) is 54.6 Å². The first-order valence-electron chi connectivity index (χ1n) is 8.68. The van der Waals surface area contributed by atoms with Gasteiger partial charge in [0.2, 0.25) is 0 Å². The summed E-state index contributed by atoms with van der Waals surface area (Å²) in [5, 5.41) is 5.60.